The number of alkyl carbamates (subject to hydrolysis) is 1. The van der Waals surface area contributed by atoms with Crippen LogP contribution in [0.15, 0.2) is 0 Å². The number of likely N-dealkylation sites (tertiary alicyclic amines) is 1. The van der Waals surface area contributed by atoms with Crippen molar-refractivity contribution in [3.05, 3.63) is 0 Å². The van der Waals surface area contributed by atoms with Crippen LogP contribution in [-0.2, 0) is 4.74 Å². The maximum Gasteiger partial charge on any atom is 0.407 e. The van der Waals surface area contributed by atoms with Gasteiger partial charge in [-0.15, -0.1) is 0 Å². The van der Waals surface area contributed by atoms with E-state index >= 15 is 0 Å². The van der Waals surface area contributed by atoms with Gasteiger partial charge in [-0.25, -0.2) is 4.79 Å². The summed E-state index contributed by atoms with van der Waals surface area (Å²) in [5, 5.41) is 6.37. The van der Waals surface area contributed by atoms with Crippen molar-refractivity contribution in [3.8, 4) is 0 Å². The van der Waals surface area contributed by atoms with E-state index in [9.17, 15) is 4.79 Å². The van der Waals surface area contributed by atoms with Crippen LogP contribution >= 0.6 is 0 Å². The largest absolute Gasteiger partial charge is 0.444 e. The quantitative estimate of drug-likeness (QED) is 0.812. The Kier molecular flexibility index (Phi) is 4.68. The van der Waals surface area contributed by atoms with Crippen molar-refractivity contribution in [1.29, 1.82) is 0 Å². The number of nitrogens with zero attached hydrogens (tertiary/aromatic N) is 1. The van der Waals surface area contributed by atoms with Crippen molar-refractivity contribution in [3.63, 3.8) is 0 Å². The van der Waals surface area contributed by atoms with Crippen molar-refractivity contribution in [1.82, 2.24) is 15.5 Å². The first-order chi connectivity index (χ1) is 8.94. The van der Waals surface area contributed by atoms with Crippen LogP contribution in [0.1, 0.15) is 40.0 Å². The molecule has 0 spiro atoms. The average Bonchev–Trinajstić information content (AvgIpc) is 2.23. The van der Waals surface area contributed by atoms with E-state index in [0.717, 1.165) is 13.0 Å². The molecule has 0 radical (unpaired) electrons. The summed E-state index contributed by atoms with van der Waals surface area (Å²) < 4.78 is 5.23. The summed E-state index contributed by atoms with van der Waals surface area (Å²) >= 11 is 0. The highest BCUT2D eigenvalue weighted by Crippen LogP contribution is 2.19. The fourth-order valence-electron chi connectivity index (χ4n) is 2.61. The van der Waals surface area contributed by atoms with Gasteiger partial charge in [-0.05, 0) is 53.1 Å². The van der Waals surface area contributed by atoms with E-state index in [2.05, 4.69) is 15.5 Å². The molecule has 0 aliphatic carbocycles. The summed E-state index contributed by atoms with van der Waals surface area (Å²) in [6.07, 6.45) is 3.38. The number of hydrogen-bond acceptors (Lipinski definition) is 4. The molecule has 2 saturated heterocycles. The van der Waals surface area contributed by atoms with Gasteiger partial charge in [-0.2, -0.15) is 0 Å². The molecule has 2 N–H and O–H groups in total. The SMILES string of the molecule is CC(C)(C)OC(=O)NCC1CCC(N2CCC2)CN1. The van der Waals surface area contributed by atoms with Gasteiger partial charge in [0.25, 0.3) is 0 Å². The van der Waals surface area contributed by atoms with Gasteiger partial charge < -0.3 is 15.4 Å². The number of nitrogens with one attached hydrogen (secondary N) is 2. The summed E-state index contributed by atoms with van der Waals surface area (Å²) in [7, 11) is 0. The zero-order chi connectivity index (χ0) is 13.9. The van der Waals surface area contributed by atoms with Crippen molar-refractivity contribution in [2.24, 2.45) is 0 Å². The fourth-order valence-corrected chi connectivity index (χ4v) is 2.61. The second-order valence-corrected chi connectivity index (χ2v) is 6.61. The molecular formula is C14H27N3O2. The molecule has 2 rings (SSSR count). The Hall–Kier alpha value is -0.810. The fraction of sp³-hybridized carbons (Fsp3) is 0.929. The van der Waals surface area contributed by atoms with E-state index < -0.39 is 5.60 Å². The minimum absolute atomic E-state index is 0.320. The Morgan fingerprint density at radius 1 is 1.37 bits per heavy atom. The van der Waals surface area contributed by atoms with Gasteiger partial charge in [0.05, 0.1) is 0 Å². The molecule has 5 nitrogen and oxygen atoms in total. The number of rotatable bonds is 3. The van der Waals surface area contributed by atoms with Crippen LogP contribution in [-0.4, -0.2) is 54.9 Å². The van der Waals surface area contributed by atoms with E-state index in [-0.39, 0.29) is 6.09 Å². The molecule has 2 heterocycles. The highest BCUT2D eigenvalue weighted by atomic mass is 16.6. The van der Waals surface area contributed by atoms with Crippen LogP contribution in [0.3, 0.4) is 0 Å². The van der Waals surface area contributed by atoms with Gasteiger partial charge in [0, 0.05) is 25.2 Å². The third-order valence-electron chi connectivity index (χ3n) is 3.79. The molecule has 2 aliphatic rings. The lowest BCUT2D eigenvalue weighted by atomic mass is 9.97. The lowest BCUT2D eigenvalue weighted by Crippen LogP contribution is -2.56. The minimum atomic E-state index is -0.424. The summed E-state index contributed by atoms with van der Waals surface area (Å²) in [6, 6.07) is 1.08. The maximum absolute atomic E-state index is 11.6. The number of carbonyl (C=O) groups excluding carboxylic acids is 1. The Balaban J connectivity index is 1.61. The van der Waals surface area contributed by atoms with Crippen molar-refractivity contribution in [2.45, 2.75) is 57.7 Å². The Bertz CT molecular complexity index is 302. The number of piperidine rings is 1. The molecule has 19 heavy (non-hydrogen) atoms. The van der Waals surface area contributed by atoms with Crippen molar-refractivity contribution < 1.29 is 9.53 Å². The molecule has 5 heteroatoms. The Labute approximate surface area is 116 Å². The molecular weight excluding hydrogens is 242 g/mol. The van der Waals surface area contributed by atoms with Crippen molar-refractivity contribution in [2.75, 3.05) is 26.2 Å². The predicted molar refractivity (Wildman–Crippen MR) is 75.2 cm³/mol. The Morgan fingerprint density at radius 3 is 2.58 bits per heavy atom. The molecule has 0 saturated carbocycles. The highest BCUT2D eigenvalue weighted by Gasteiger charge is 2.28. The molecule has 0 aromatic rings. The molecule has 1 amide bonds. The third-order valence-corrected chi connectivity index (χ3v) is 3.79. The van der Waals surface area contributed by atoms with Gasteiger partial charge in [-0.1, -0.05) is 0 Å². The van der Waals surface area contributed by atoms with Crippen LogP contribution < -0.4 is 10.6 Å². The van der Waals surface area contributed by atoms with Gasteiger partial charge in [-0.3, -0.25) is 4.90 Å². The molecule has 2 aliphatic heterocycles. The maximum atomic E-state index is 11.6. The van der Waals surface area contributed by atoms with Crippen LogP contribution in [0, 0.1) is 0 Å². The first kappa shape index (κ1) is 14.6. The molecule has 0 bridgehead atoms. The van der Waals surface area contributed by atoms with E-state index in [0.29, 0.717) is 18.6 Å². The standard InChI is InChI=1S/C14H27N3O2/c1-14(2,3)19-13(18)16-9-11-5-6-12(10-15-11)17-7-4-8-17/h11-12,15H,4-10H2,1-3H3,(H,16,18). The lowest BCUT2D eigenvalue weighted by Gasteiger charge is -2.42. The summed E-state index contributed by atoms with van der Waals surface area (Å²) in [4.78, 5) is 14.1. The molecule has 0 aromatic heterocycles. The summed E-state index contributed by atoms with van der Waals surface area (Å²) in [6.45, 7) is 9.85. The molecule has 110 valence electrons. The average molecular weight is 269 g/mol. The molecule has 2 unspecified atom stereocenters. The number of amides is 1. The lowest BCUT2D eigenvalue weighted by molar-refractivity contribution is 0.0511. The molecule has 2 atom stereocenters. The first-order valence-corrected chi connectivity index (χ1v) is 7.38. The van der Waals surface area contributed by atoms with Crippen LogP contribution in [0.2, 0.25) is 0 Å². The van der Waals surface area contributed by atoms with Gasteiger partial charge in [0.2, 0.25) is 0 Å². The normalized spacial score (nSPS) is 28.6. The zero-order valence-corrected chi connectivity index (χ0v) is 12.4. The number of ether oxygens (including phenoxy) is 1. The second kappa shape index (κ2) is 6.09. The predicted octanol–water partition coefficient (Wildman–Crippen LogP) is 1.34. The molecule has 0 aromatic carbocycles. The first-order valence-electron chi connectivity index (χ1n) is 7.38. The monoisotopic (exact) mass is 269 g/mol. The number of carbonyl (C=O) groups is 1. The topological polar surface area (TPSA) is 53.6 Å². The van der Waals surface area contributed by atoms with Gasteiger partial charge in [0.15, 0.2) is 0 Å². The zero-order valence-electron chi connectivity index (χ0n) is 12.4. The van der Waals surface area contributed by atoms with Gasteiger partial charge in [0.1, 0.15) is 5.60 Å². The smallest absolute Gasteiger partial charge is 0.407 e. The van der Waals surface area contributed by atoms with Crippen LogP contribution in [0.5, 0.6) is 0 Å². The van der Waals surface area contributed by atoms with E-state index in [1.807, 2.05) is 20.8 Å². The van der Waals surface area contributed by atoms with Crippen LogP contribution in [0.25, 0.3) is 0 Å². The van der Waals surface area contributed by atoms with Crippen molar-refractivity contribution >= 4 is 6.09 Å². The highest BCUT2D eigenvalue weighted by molar-refractivity contribution is 5.67. The van der Waals surface area contributed by atoms with Gasteiger partial charge >= 0.3 is 6.09 Å². The second-order valence-electron chi connectivity index (χ2n) is 6.61. The van der Waals surface area contributed by atoms with Crippen LogP contribution in [0.4, 0.5) is 4.79 Å². The third kappa shape index (κ3) is 4.66. The van der Waals surface area contributed by atoms with E-state index in [1.54, 1.807) is 0 Å². The summed E-state index contributed by atoms with van der Waals surface area (Å²) in [5.74, 6) is 0. The summed E-state index contributed by atoms with van der Waals surface area (Å²) in [5.41, 5.74) is -0.424. The molecule has 2 fully saturated rings. The minimum Gasteiger partial charge on any atom is -0.444 e. The number of hydrogen-bond donors (Lipinski definition) is 2. The van der Waals surface area contributed by atoms with E-state index in [1.165, 1.54) is 25.9 Å². The Morgan fingerprint density at radius 2 is 2.11 bits per heavy atom. The van der Waals surface area contributed by atoms with E-state index in [4.69, 9.17) is 4.74 Å².